The van der Waals surface area contributed by atoms with E-state index in [1.54, 1.807) is 60.7 Å². The largest absolute Gasteiger partial charge is 0.321 e. The summed E-state index contributed by atoms with van der Waals surface area (Å²) in [5.74, 6) is -1.01. The van der Waals surface area contributed by atoms with Crippen LogP contribution in [0.15, 0.2) is 121 Å². The lowest BCUT2D eigenvalue weighted by Gasteiger charge is -2.12. The number of carbonyl (C=O) groups is 3. The third-order valence-corrected chi connectivity index (χ3v) is 5.57. The van der Waals surface area contributed by atoms with Crippen molar-refractivity contribution in [3.8, 4) is 0 Å². The number of benzene rings is 4. The molecule has 4 rings (SSSR count). The summed E-state index contributed by atoms with van der Waals surface area (Å²) in [5.41, 5.74) is 4.33. The van der Waals surface area contributed by atoms with Gasteiger partial charge in [0.2, 0.25) is 0 Å². The molecule has 0 aliphatic carbocycles. The number of nitrogens with one attached hydrogen (secondary N) is 2. The minimum absolute atomic E-state index is 0.101. The minimum atomic E-state index is -0.479. The van der Waals surface area contributed by atoms with Crippen molar-refractivity contribution in [3.63, 3.8) is 0 Å². The minimum Gasteiger partial charge on any atom is -0.321 e. The molecule has 5 nitrogen and oxygen atoms in total. The van der Waals surface area contributed by atoms with Gasteiger partial charge in [-0.3, -0.25) is 14.4 Å². The van der Waals surface area contributed by atoms with Crippen molar-refractivity contribution in [1.29, 1.82) is 0 Å². The van der Waals surface area contributed by atoms with Crippen LogP contribution >= 0.6 is 0 Å². The van der Waals surface area contributed by atoms with Gasteiger partial charge in [-0.2, -0.15) is 0 Å². The first-order valence-corrected chi connectivity index (χ1v) is 11.8. The summed E-state index contributed by atoms with van der Waals surface area (Å²) >= 11 is 0. The Labute approximate surface area is 216 Å². The fourth-order valence-electron chi connectivity index (χ4n) is 3.52. The lowest BCUT2D eigenvalue weighted by Crippen LogP contribution is -2.30. The normalized spacial score (nSPS) is 11.2. The molecule has 37 heavy (non-hydrogen) atoms. The van der Waals surface area contributed by atoms with Crippen molar-refractivity contribution in [2.24, 2.45) is 0 Å². The maximum absolute atomic E-state index is 13.2. The van der Waals surface area contributed by atoms with Crippen molar-refractivity contribution in [3.05, 3.63) is 149 Å². The molecule has 4 aromatic rings. The second-order valence-corrected chi connectivity index (χ2v) is 8.43. The predicted octanol–water partition coefficient (Wildman–Crippen LogP) is 6.30. The molecule has 0 aromatic heterocycles. The number of amides is 2. The molecule has 0 saturated carbocycles. The van der Waals surface area contributed by atoms with Gasteiger partial charge in [-0.05, 0) is 66.6 Å². The van der Waals surface area contributed by atoms with Crippen LogP contribution in [0.5, 0.6) is 0 Å². The standard InChI is InChI=1S/C32H26N2O3/c1-23-12-14-25(15-13-23)22-29(34-31(36)27-10-6-3-7-11-27)32(37)33-28-19-17-26(18-20-28)30(35)21-16-24-8-4-2-5-9-24/h2-22H,1H3,(H,33,37)(H,34,36)/b21-16+,29-22-. The SMILES string of the molecule is Cc1ccc(/C=C(\NC(=O)c2ccccc2)C(=O)Nc2ccc(C(=O)/C=C/c3ccccc3)cc2)cc1. The Balaban J connectivity index is 1.49. The summed E-state index contributed by atoms with van der Waals surface area (Å²) in [5, 5.41) is 5.53. The molecule has 0 spiro atoms. The maximum atomic E-state index is 13.2. The van der Waals surface area contributed by atoms with Crippen molar-refractivity contribution in [2.75, 3.05) is 5.32 Å². The highest BCUT2D eigenvalue weighted by atomic mass is 16.2. The molecule has 0 fully saturated rings. The number of hydrogen-bond donors (Lipinski definition) is 2. The Bertz CT molecular complexity index is 1440. The van der Waals surface area contributed by atoms with Gasteiger partial charge < -0.3 is 10.6 Å². The van der Waals surface area contributed by atoms with Crippen molar-refractivity contribution < 1.29 is 14.4 Å². The van der Waals surface area contributed by atoms with Crippen LogP contribution in [0, 0.1) is 6.92 Å². The number of carbonyl (C=O) groups excluding carboxylic acids is 3. The average molecular weight is 487 g/mol. The Morgan fingerprint density at radius 2 is 1.27 bits per heavy atom. The van der Waals surface area contributed by atoms with Gasteiger partial charge in [-0.25, -0.2) is 0 Å². The summed E-state index contributed by atoms with van der Waals surface area (Å²) in [4.78, 5) is 38.4. The van der Waals surface area contributed by atoms with E-state index in [1.165, 1.54) is 6.08 Å². The van der Waals surface area contributed by atoms with Gasteiger partial charge in [0.1, 0.15) is 5.70 Å². The first-order valence-electron chi connectivity index (χ1n) is 11.8. The molecule has 0 bridgehead atoms. The number of allylic oxidation sites excluding steroid dienone is 1. The average Bonchev–Trinajstić information content (AvgIpc) is 2.94. The van der Waals surface area contributed by atoms with Crippen LogP contribution in [0.4, 0.5) is 5.69 Å². The predicted molar refractivity (Wildman–Crippen MR) is 148 cm³/mol. The van der Waals surface area contributed by atoms with Gasteiger partial charge in [0, 0.05) is 16.8 Å². The van der Waals surface area contributed by atoms with E-state index in [9.17, 15) is 14.4 Å². The van der Waals surface area contributed by atoms with Crippen molar-refractivity contribution in [2.45, 2.75) is 6.92 Å². The van der Waals surface area contributed by atoms with Gasteiger partial charge in [0.25, 0.3) is 11.8 Å². The Kier molecular flexibility index (Phi) is 8.19. The molecule has 0 saturated heterocycles. The number of ketones is 1. The van der Waals surface area contributed by atoms with Crippen LogP contribution in [0.2, 0.25) is 0 Å². The monoisotopic (exact) mass is 486 g/mol. The zero-order valence-corrected chi connectivity index (χ0v) is 20.3. The molecular formula is C32H26N2O3. The quantitative estimate of drug-likeness (QED) is 0.227. The van der Waals surface area contributed by atoms with Gasteiger partial charge >= 0.3 is 0 Å². The second kappa shape index (κ2) is 12.1. The van der Waals surface area contributed by atoms with Crippen LogP contribution in [-0.2, 0) is 4.79 Å². The van der Waals surface area contributed by atoms with Crippen LogP contribution < -0.4 is 10.6 Å². The molecule has 0 unspecified atom stereocenters. The summed E-state index contributed by atoms with van der Waals surface area (Å²) in [7, 11) is 0. The van der Waals surface area contributed by atoms with E-state index >= 15 is 0 Å². The van der Waals surface area contributed by atoms with E-state index in [2.05, 4.69) is 10.6 Å². The van der Waals surface area contributed by atoms with Crippen LogP contribution in [0.1, 0.15) is 37.4 Å². The zero-order valence-electron chi connectivity index (χ0n) is 20.3. The summed E-state index contributed by atoms with van der Waals surface area (Å²) in [6.45, 7) is 1.98. The zero-order chi connectivity index (χ0) is 26.0. The Hall–Kier alpha value is -5.03. The lowest BCUT2D eigenvalue weighted by molar-refractivity contribution is -0.113. The molecule has 2 amide bonds. The van der Waals surface area contributed by atoms with E-state index in [4.69, 9.17) is 0 Å². The van der Waals surface area contributed by atoms with Gasteiger partial charge in [0.05, 0.1) is 0 Å². The molecule has 0 radical (unpaired) electrons. The number of aryl methyl sites for hydroxylation is 1. The van der Waals surface area contributed by atoms with E-state index < -0.39 is 5.91 Å². The Morgan fingerprint density at radius 1 is 0.649 bits per heavy atom. The van der Waals surface area contributed by atoms with Crippen molar-refractivity contribution in [1.82, 2.24) is 5.32 Å². The van der Waals surface area contributed by atoms with Gasteiger partial charge in [-0.15, -0.1) is 0 Å². The third-order valence-electron chi connectivity index (χ3n) is 5.57. The number of rotatable bonds is 8. The highest BCUT2D eigenvalue weighted by molar-refractivity contribution is 6.11. The van der Waals surface area contributed by atoms with Gasteiger partial charge in [-0.1, -0.05) is 84.4 Å². The molecule has 182 valence electrons. The number of hydrogen-bond acceptors (Lipinski definition) is 3. The van der Waals surface area contributed by atoms with Crippen molar-refractivity contribution >= 4 is 35.4 Å². The molecule has 0 aliphatic heterocycles. The second-order valence-electron chi connectivity index (χ2n) is 8.43. The van der Waals surface area contributed by atoms with Crippen LogP contribution in [0.25, 0.3) is 12.2 Å². The summed E-state index contributed by atoms with van der Waals surface area (Å²) in [6, 6.07) is 32.5. The topological polar surface area (TPSA) is 75.3 Å². The summed E-state index contributed by atoms with van der Waals surface area (Å²) < 4.78 is 0. The van der Waals surface area contributed by atoms with Crippen LogP contribution in [0.3, 0.4) is 0 Å². The molecule has 0 aliphatic rings. The molecule has 2 N–H and O–H groups in total. The van der Waals surface area contributed by atoms with Gasteiger partial charge in [0.15, 0.2) is 5.78 Å². The fourth-order valence-corrected chi connectivity index (χ4v) is 3.52. The number of anilines is 1. The molecule has 4 aromatic carbocycles. The van der Waals surface area contributed by atoms with E-state index in [-0.39, 0.29) is 17.4 Å². The highest BCUT2D eigenvalue weighted by Crippen LogP contribution is 2.15. The molecule has 0 atom stereocenters. The first kappa shape index (κ1) is 25.1. The Morgan fingerprint density at radius 3 is 1.92 bits per heavy atom. The molecular weight excluding hydrogens is 460 g/mol. The summed E-state index contributed by atoms with van der Waals surface area (Å²) in [6.07, 6.45) is 4.90. The van der Waals surface area contributed by atoms with E-state index in [0.717, 1.165) is 16.7 Å². The lowest BCUT2D eigenvalue weighted by atomic mass is 10.1. The highest BCUT2D eigenvalue weighted by Gasteiger charge is 2.15. The van der Waals surface area contributed by atoms with Crippen LogP contribution in [-0.4, -0.2) is 17.6 Å². The fraction of sp³-hybridized carbons (Fsp3) is 0.0312. The van der Waals surface area contributed by atoms with E-state index in [0.29, 0.717) is 16.8 Å². The van der Waals surface area contributed by atoms with E-state index in [1.807, 2.05) is 67.6 Å². The third kappa shape index (κ3) is 7.23. The smallest absolute Gasteiger partial charge is 0.272 e. The maximum Gasteiger partial charge on any atom is 0.272 e. The molecule has 0 heterocycles. The molecule has 5 heteroatoms. The first-order chi connectivity index (χ1) is 18.0.